The average Bonchev–Trinajstić information content (AvgIpc) is 2.92. The lowest BCUT2D eigenvalue weighted by molar-refractivity contribution is -0.117. The molecule has 1 unspecified atom stereocenters. The van der Waals surface area contributed by atoms with Crippen molar-refractivity contribution in [1.82, 2.24) is 5.32 Å². The van der Waals surface area contributed by atoms with E-state index in [0.29, 0.717) is 28.1 Å². The van der Waals surface area contributed by atoms with Crippen LogP contribution < -0.4 is 15.0 Å². The molecule has 1 N–H and O–H groups in total. The van der Waals surface area contributed by atoms with Crippen LogP contribution in [0.5, 0.6) is 5.75 Å². The fraction of sp³-hybridized carbons (Fsp3) is 0.0968. The molecule has 0 fully saturated rings. The summed E-state index contributed by atoms with van der Waals surface area (Å²) in [5.74, 6) is -0.192. The second kappa shape index (κ2) is 10.5. The van der Waals surface area contributed by atoms with Crippen LogP contribution in [0, 0.1) is 5.82 Å². The number of benzene rings is 4. The summed E-state index contributed by atoms with van der Waals surface area (Å²) in [6.07, 6.45) is 1.64. The predicted molar refractivity (Wildman–Crippen MR) is 141 cm³/mol. The first-order valence-electron chi connectivity index (χ1n) is 12.0. The highest BCUT2D eigenvalue weighted by Gasteiger charge is 2.30. The van der Waals surface area contributed by atoms with E-state index in [1.54, 1.807) is 59.5 Å². The smallest absolute Gasteiger partial charge is 0.294 e. The van der Waals surface area contributed by atoms with E-state index in [4.69, 9.17) is 4.74 Å². The largest absolute Gasteiger partial charge is 0.449 e. The van der Waals surface area contributed by atoms with Gasteiger partial charge in [0.1, 0.15) is 5.82 Å². The van der Waals surface area contributed by atoms with Gasteiger partial charge in [-0.3, -0.25) is 14.5 Å². The maximum Gasteiger partial charge on any atom is 0.294 e. The Morgan fingerprint density at radius 2 is 1.68 bits per heavy atom. The number of hydrogen-bond acceptors (Lipinski definition) is 3. The Kier molecular flexibility index (Phi) is 6.81. The molecule has 184 valence electrons. The molecule has 0 aliphatic carbocycles. The Morgan fingerprint density at radius 1 is 0.946 bits per heavy atom. The molecular formula is C31H25FN2O3. The highest BCUT2D eigenvalue weighted by atomic mass is 19.1. The number of ether oxygens (including phenoxy) is 1. The van der Waals surface area contributed by atoms with Gasteiger partial charge < -0.3 is 10.1 Å². The fourth-order valence-corrected chi connectivity index (χ4v) is 4.22. The Bertz CT molecular complexity index is 1470. The van der Waals surface area contributed by atoms with Crippen molar-refractivity contribution in [3.63, 3.8) is 0 Å². The molecule has 1 aliphatic heterocycles. The maximum absolute atomic E-state index is 13.8. The summed E-state index contributed by atoms with van der Waals surface area (Å²) >= 11 is 0. The van der Waals surface area contributed by atoms with Crippen LogP contribution in [-0.4, -0.2) is 11.8 Å². The minimum atomic E-state index is -0.357. The van der Waals surface area contributed by atoms with Crippen LogP contribution in [0.25, 0.3) is 6.08 Å². The van der Waals surface area contributed by atoms with Crippen molar-refractivity contribution in [1.29, 1.82) is 0 Å². The summed E-state index contributed by atoms with van der Waals surface area (Å²) in [5, 5.41) is 3.00. The quantitative estimate of drug-likeness (QED) is 0.322. The number of nitrogens with zero attached hydrogens (tertiary/aromatic N) is 1. The zero-order valence-electron chi connectivity index (χ0n) is 20.2. The standard InChI is InChI=1S/C31H25FN2O3/c1-21(24-9-3-2-4-10-24)33-30(35)25-16-14-22(15-17-25)19-29-31(36)34(20-23-8-7-11-26(32)18-23)27-12-5-6-13-28(27)37-29/h2-19,21H,20H2,1H3,(H,33,35)/b29-19-. The second-order valence-corrected chi connectivity index (χ2v) is 8.83. The molecule has 0 bridgehead atoms. The van der Waals surface area contributed by atoms with Crippen molar-refractivity contribution in [2.75, 3.05) is 4.90 Å². The number of hydrogen-bond donors (Lipinski definition) is 1. The molecule has 5 rings (SSSR count). The molecule has 1 heterocycles. The Labute approximate surface area is 214 Å². The highest BCUT2D eigenvalue weighted by molar-refractivity contribution is 6.09. The van der Waals surface area contributed by atoms with E-state index in [2.05, 4.69) is 5.32 Å². The number of fused-ring (bicyclic) bond motifs is 1. The van der Waals surface area contributed by atoms with Crippen LogP contribution >= 0.6 is 0 Å². The summed E-state index contributed by atoms with van der Waals surface area (Å²) in [5.41, 5.74) is 3.53. The summed E-state index contributed by atoms with van der Waals surface area (Å²) in [6.45, 7) is 2.14. The SMILES string of the molecule is CC(NC(=O)c1ccc(/C=C2\Oc3ccccc3N(Cc3cccc(F)c3)C2=O)cc1)c1ccccc1. The molecule has 2 amide bonds. The number of nitrogens with one attached hydrogen (secondary N) is 1. The van der Waals surface area contributed by atoms with E-state index in [0.717, 1.165) is 5.56 Å². The number of carbonyl (C=O) groups is 2. The molecule has 0 saturated heterocycles. The molecule has 1 atom stereocenters. The summed E-state index contributed by atoms with van der Waals surface area (Å²) in [6, 6.07) is 30.0. The predicted octanol–water partition coefficient (Wildman–Crippen LogP) is 6.28. The minimum Gasteiger partial charge on any atom is -0.449 e. The molecular weight excluding hydrogens is 467 g/mol. The molecule has 37 heavy (non-hydrogen) atoms. The summed E-state index contributed by atoms with van der Waals surface area (Å²) < 4.78 is 19.7. The molecule has 0 radical (unpaired) electrons. The lowest BCUT2D eigenvalue weighted by Crippen LogP contribution is -2.36. The van der Waals surface area contributed by atoms with Crippen molar-refractivity contribution in [2.24, 2.45) is 0 Å². The first kappa shape index (κ1) is 24.0. The zero-order valence-corrected chi connectivity index (χ0v) is 20.2. The van der Waals surface area contributed by atoms with E-state index in [-0.39, 0.29) is 36.0 Å². The summed E-state index contributed by atoms with van der Waals surface area (Å²) in [4.78, 5) is 27.7. The minimum absolute atomic E-state index is 0.132. The van der Waals surface area contributed by atoms with Crippen LogP contribution in [0.1, 0.15) is 40.0 Å². The topological polar surface area (TPSA) is 58.6 Å². The number of amides is 2. The average molecular weight is 493 g/mol. The molecule has 0 saturated carbocycles. The van der Waals surface area contributed by atoms with Crippen LogP contribution in [0.15, 0.2) is 109 Å². The molecule has 4 aromatic carbocycles. The maximum atomic E-state index is 13.8. The first-order chi connectivity index (χ1) is 18.0. The van der Waals surface area contributed by atoms with Crippen molar-refractivity contribution >= 4 is 23.6 Å². The van der Waals surface area contributed by atoms with Crippen LogP contribution in [0.4, 0.5) is 10.1 Å². The number of anilines is 1. The van der Waals surface area contributed by atoms with Gasteiger partial charge in [-0.25, -0.2) is 4.39 Å². The highest BCUT2D eigenvalue weighted by Crippen LogP contribution is 2.36. The van der Waals surface area contributed by atoms with E-state index in [9.17, 15) is 14.0 Å². The number of halogens is 1. The normalized spacial score (nSPS) is 14.6. The number of rotatable bonds is 6. The van der Waals surface area contributed by atoms with Crippen LogP contribution in [0.3, 0.4) is 0 Å². The monoisotopic (exact) mass is 492 g/mol. The molecule has 1 aliphatic rings. The molecule has 6 heteroatoms. The number of para-hydroxylation sites is 2. The van der Waals surface area contributed by atoms with Gasteiger partial charge in [-0.05, 0) is 66.1 Å². The van der Waals surface area contributed by atoms with E-state index in [1.165, 1.54) is 12.1 Å². The second-order valence-electron chi connectivity index (χ2n) is 8.83. The lowest BCUT2D eigenvalue weighted by atomic mass is 10.1. The molecule has 0 aromatic heterocycles. The van der Waals surface area contributed by atoms with E-state index >= 15 is 0 Å². The van der Waals surface area contributed by atoms with Gasteiger partial charge in [-0.1, -0.05) is 66.7 Å². The third-order valence-electron chi connectivity index (χ3n) is 6.18. The van der Waals surface area contributed by atoms with Crippen LogP contribution in [0.2, 0.25) is 0 Å². The van der Waals surface area contributed by atoms with Crippen molar-refractivity contribution < 1.29 is 18.7 Å². The first-order valence-corrected chi connectivity index (χ1v) is 12.0. The number of carbonyl (C=O) groups excluding carboxylic acids is 2. The Balaban J connectivity index is 1.35. The van der Waals surface area contributed by atoms with Crippen molar-refractivity contribution in [3.8, 4) is 5.75 Å². The van der Waals surface area contributed by atoms with E-state index < -0.39 is 0 Å². The molecule has 5 nitrogen and oxygen atoms in total. The van der Waals surface area contributed by atoms with Gasteiger partial charge in [0.25, 0.3) is 11.8 Å². The van der Waals surface area contributed by atoms with Gasteiger partial charge in [0, 0.05) is 5.56 Å². The molecule has 0 spiro atoms. The Hall–Kier alpha value is -4.71. The lowest BCUT2D eigenvalue weighted by Gasteiger charge is -2.30. The fourth-order valence-electron chi connectivity index (χ4n) is 4.22. The summed E-state index contributed by atoms with van der Waals surface area (Å²) in [7, 11) is 0. The van der Waals surface area contributed by atoms with Gasteiger partial charge in [0.2, 0.25) is 0 Å². The van der Waals surface area contributed by atoms with Gasteiger partial charge in [-0.15, -0.1) is 0 Å². The van der Waals surface area contributed by atoms with E-state index in [1.807, 2.05) is 49.4 Å². The van der Waals surface area contributed by atoms with Gasteiger partial charge in [-0.2, -0.15) is 0 Å². The zero-order chi connectivity index (χ0) is 25.8. The third-order valence-corrected chi connectivity index (χ3v) is 6.18. The van der Waals surface area contributed by atoms with Crippen molar-refractivity contribution in [3.05, 3.63) is 137 Å². The molecule has 4 aromatic rings. The van der Waals surface area contributed by atoms with Gasteiger partial charge in [0.05, 0.1) is 18.3 Å². The third kappa shape index (κ3) is 5.43. The Morgan fingerprint density at radius 3 is 2.43 bits per heavy atom. The van der Waals surface area contributed by atoms with Gasteiger partial charge >= 0.3 is 0 Å². The van der Waals surface area contributed by atoms with Crippen molar-refractivity contribution in [2.45, 2.75) is 19.5 Å². The van der Waals surface area contributed by atoms with Gasteiger partial charge in [0.15, 0.2) is 11.5 Å². The van der Waals surface area contributed by atoms with Crippen LogP contribution in [-0.2, 0) is 11.3 Å².